The minimum atomic E-state index is -0.369. The normalized spacial score (nSPS) is 12.7. The number of carbonyl (C=O) groups excluding carboxylic acids is 1. The number of ether oxygens (including phenoxy) is 1. The molecule has 0 aromatic carbocycles. The zero-order valence-corrected chi connectivity index (χ0v) is 11.1. The molecule has 2 heteroatoms. The third kappa shape index (κ3) is 6.53. The molecule has 2 nitrogen and oxygen atoms in total. The van der Waals surface area contributed by atoms with Crippen molar-refractivity contribution in [2.24, 2.45) is 10.8 Å². The van der Waals surface area contributed by atoms with Crippen molar-refractivity contribution in [3.63, 3.8) is 0 Å². The van der Waals surface area contributed by atoms with E-state index in [4.69, 9.17) is 4.74 Å². The van der Waals surface area contributed by atoms with Crippen molar-refractivity contribution in [2.75, 3.05) is 6.61 Å². The molecule has 0 unspecified atom stereocenters. The number of hydrogen-bond acceptors (Lipinski definition) is 2. The highest BCUT2D eigenvalue weighted by molar-refractivity contribution is 5.75. The van der Waals surface area contributed by atoms with Gasteiger partial charge in [0.05, 0.1) is 12.0 Å². The fourth-order valence-corrected chi connectivity index (χ4v) is 1.90. The fraction of sp³-hybridized carbons (Fsp3) is 0.923. The van der Waals surface area contributed by atoms with E-state index in [1.54, 1.807) is 0 Å². The first kappa shape index (κ1) is 14.5. The summed E-state index contributed by atoms with van der Waals surface area (Å²) >= 11 is 0. The second-order valence-corrected chi connectivity index (χ2v) is 6.11. The largest absolute Gasteiger partial charge is 0.465 e. The first-order chi connectivity index (χ1) is 6.69. The molecule has 90 valence electrons. The Kier molecular flexibility index (Phi) is 5.33. The molecular formula is C13H26O2. The van der Waals surface area contributed by atoms with Gasteiger partial charge in [-0.25, -0.2) is 0 Å². The van der Waals surface area contributed by atoms with Crippen molar-refractivity contribution in [3.05, 3.63) is 0 Å². The third-order valence-corrected chi connectivity index (χ3v) is 2.26. The zero-order chi connectivity index (χ0) is 12.1. The van der Waals surface area contributed by atoms with E-state index < -0.39 is 0 Å². The van der Waals surface area contributed by atoms with Crippen LogP contribution in [0.15, 0.2) is 0 Å². The van der Waals surface area contributed by atoms with Gasteiger partial charge in [0.2, 0.25) is 0 Å². The number of unbranched alkanes of at least 4 members (excludes halogenated alkanes) is 1. The molecule has 0 aliphatic heterocycles. The van der Waals surface area contributed by atoms with Gasteiger partial charge in [0, 0.05) is 0 Å². The van der Waals surface area contributed by atoms with Crippen LogP contribution in [-0.2, 0) is 9.53 Å². The molecule has 0 saturated carbocycles. The molecule has 0 spiro atoms. The maximum atomic E-state index is 11.8. The Labute approximate surface area is 94.4 Å². The molecule has 0 N–H and O–H groups in total. The van der Waals surface area contributed by atoms with Crippen LogP contribution in [0.5, 0.6) is 0 Å². The highest BCUT2D eigenvalue weighted by atomic mass is 16.5. The first-order valence-corrected chi connectivity index (χ1v) is 5.86. The van der Waals surface area contributed by atoms with Gasteiger partial charge in [-0.1, -0.05) is 34.1 Å². The maximum absolute atomic E-state index is 11.8. The second kappa shape index (κ2) is 5.53. The van der Waals surface area contributed by atoms with Crippen molar-refractivity contribution in [2.45, 2.75) is 60.8 Å². The van der Waals surface area contributed by atoms with E-state index >= 15 is 0 Å². The first-order valence-electron chi connectivity index (χ1n) is 5.86. The molecule has 0 aliphatic carbocycles. The Morgan fingerprint density at radius 2 is 1.67 bits per heavy atom. The summed E-state index contributed by atoms with van der Waals surface area (Å²) in [5.74, 6) is -0.0640. The van der Waals surface area contributed by atoms with Gasteiger partial charge < -0.3 is 4.74 Å². The van der Waals surface area contributed by atoms with E-state index in [-0.39, 0.29) is 16.8 Å². The lowest BCUT2D eigenvalue weighted by atomic mass is 9.76. The van der Waals surface area contributed by atoms with Crippen LogP contribution in [0, 0.1) is 10.8 Å². The summed E-state index contributed by atoms with van der Waals surface area (Å²) in [5, 5.41) is 0. The molecule has 0 aromatic rings. The van der Waals surface area contributed by atoms with Crippen LogP contribution in [0.2, 0.25) is 0 Å². The van der Waals surface area contributed by atoms with Crippen molar-refractivity contribution < 1.29 is 9.53 Å². The Hall–Kier alpha value is -0.530. The predicted molar refractivity (Wildman–Crippen MR) is 63.7 cm³/mol. The van der Waals surface area contributed by atoms with Crippen LogP contribution in [0.1, 0.15) is 60.8 Å². The number of rotatable bonds is 5. The van der Waals surface area contributed by atoms with E-state index in [1.165, 1.54) is 0 Å². The van der Waals surface area contributed by atoms with Crippen LogP contribution in [0.4, 0.5) is 0 Å². The van der Waals surface area contributed by atoms with Gasteiger partial charge in [-0.05, 0) is 32.1 Å². The summed E-state index contributed by atoms with van der Waals surface area (Å²) in [5.41, 5.74) is -0.209. The standard InChI is InChI=1S/C13H26O2/c1-7-8-9-15-11(14)13(5,6)10-12(2,3)4/h7-10H2,1-6H3. The summed E-state index contributed by atoms with van der Waals surface area (Å²) in [4.78, 5) is 11.8. The summed E-state index contributed by atoms with van der Waals surface area (Å²) in [6, 6.07) is 0. The smallest absolute Gasteiger partial charge is 0.311 e. The lowest BCUT2D eigenvalue weighted by Crippen LogP contribution is -2.31. The van der Waals surface area contributed by atoms with E-state index in [1.807, 2.05) is 13.8 Å². The minimum Gasteiger partial charge on any atom is -0.465 e. The summed E-state index contributed by atoms with van der Waals surface area (Å²) < 4.78 is 5.25. The number of carbonyl (C=O) groups is 1. The van der Waals surface area contributed by atoms with Gasteiger partial charge in [0.15, 0.2) is 0 Å². The van der Waals surface area contributed by atoms with E-state index in [0.717, 1.165) is 19.3 Å². The van der Waals surface area contributed by atoms with Crippen molar-refractivity contribution in [1.82, 2.24) is 0 Å². The molecule has 0 heterocycles. The highest BCUT2D eigenvalue weighted by Crippen LogP contribution is 2.34. The number of hydrogen-bond donors (Lipinski definition) is 0. The molecule has 0 rings (SSSR count). The average molecular weight is 214 g/mol. The Morgan fingerprint density at radius 1 is 1.13 bits per heavy atom. The topological polar surface area (TPSA) is 26.3 Å². The maximum Gasteiger partial charge on any atom is 0.311 e. The minimum absolute atomic E-state index is 0.0640. The fourth-order valence-electron chi connectivity index (χ4n) is 1.90. The van der Waals surface area contributed by atoms with Crippen LogP contribution in [-0.4, -0.2) is 12.6 Å². The van der Waals surface area contributed by atoms with E-state index in [2.05, 4.69) is 27.7 Å². The van der Waals surface area contributed by atoms with Crippen LogP contribution < -0.4 is 0 Å². The van der Waals surface area contributed by atoms with E-state index in [9.17, 15) is 4.79 Å². The Bertz CT molecular complexity index is 199. The monoisotopic (exact) mass is 214 g/mol. The summed E-state index contributed by atoms with van der Waals surface area (Å²) in [7, 11) is 0. The van der Waals surface area contributed by atoms with Crippen LogP contribution >= 0.6 is 0 Å². The van der Waals surface area contributed by atoms with E-state index in [0.29, 0.717) is 6.61 Å². The molecule has 0 amide bonds. The van der Waals surface area contributed by atoms with Gasteiger partial charge in [-0.3, -0.25) is 4.79 Å². The average Bonchev–Trinajstić information content (AvgIpc) is 2.00. The van der Waals surface area contributed by atoms with Gasteiger partial charge >= 0.3 is 5.97 Å². The lowest BCUT2D eigenvalue weighted by molar-refractivity contribution is -0.155. The molecule has 0 fully saturated rings. The van der Waals surface area contributed by atoms with Gasteiger partial charge in [0.1, 0.15) is 0 Å². The third-order valence-electron chi connectivity index (χ3n) is 2.26. The highest BCUT2D eigenvalue weighted by Gasteiger charge is 2.33. The summed E-state index contributed by atoms with van der Waals surface area (Å²) in [6.07, 6.45) is 2.87. The molecule has 0 atom stereocenters. The molecule has 0 aliphatic rings. The Balaban J connectivity index is 4.14. The van der Waals surface area contributed by atoms with Gasteiger partial charge in [-0.15, -0.1) is 0 Å². The molecule has 0 saturated heterocycles. The molecular weight excluding hydrogens is 188 g/mol. The summed E-state index contributed by atoms with van der Waals surface area (Å²) in [6.45, 7) is 13.0. The van der Waals surface area contributed by atoms with Gasteiger partial charge in [-0.2, -0.15) is 0 Å². The lowest BCUT2D eigenvalue weighted by Gasteiger charge is -2.30. The van der Waals surface area contributed by atoms with Crippen molar-refractivity contribution in [3.8, 4) is 0 Å². The van der Waals surface area contributed by atoms with Gasteiger partial charge in [0.25, 0.3) is 0 Å². The molecule has 0 bridgehead atoms. The molecule has 0 aromatic heterocycles. The quantitative estimate of drug-likeness (QED) is 0.514. The predicted octanol–water partition coefficient (Wildman–Crippen LogP) is 3.79. The Morgan fingerprint density at radius 3 is 2.07 bits per heavy atom. The molecule has 15 heavy (non-hydrogen) atoms. The molecule has 0 radical (unpaired) electrons. The zero-order valence-electron chi connectivity index (χ0n) is 11.1. The van der Waals surface area contributed by atoms with Crippen LogP contribution in [0.25, 0.3) is 0 Å². The van der Waals surface area contributed by atoms with Crippen molar-refractivity contribution in [1.29, 1.82) is 0 Å². The van der Waals surface area contributed by atoms with Crippen molar-refractivity contribution >= 4 is 5.97 Å². The second-order valence-electron chi connectivity index (χ2n) is 6.11. The van der Waals surface area contributed by atoms with Crippen LogP contribution in [0.3, 0.4) is 0 Å². The number of esters is 1. The SMILES string of the molecule is CCCCOC(=O)C(C)(C)CC(C)(C)C.